The highest BCUT2D eigenvalue weighted by atomic mass is 15.5. The van der Waals surface area contributed by atoms with Crippen LogP contribution in [0, 0.1) is 0 Å². The maximum Gasteiger partial charge on any atom is 0.343 e. The highest BCUT2D eigenvalue weighted by Crippen LogP contribution is 2.63. The Morgan fingerprint density at radius 3 is 1.35 bits per heavy atom. The first-order valence-corrected chi connectivity index (χ1v) is 27.0. The van der Waals surface area contributed by atoms with Gasteiger partial charge in [0.25, 0.3) is 0 Å². The van der Waals surface area contributed by atoms with Gasteiger partial charge in [-0.25, -0.2) is 4.98 Å². The molecular weight excluding hydrogens is 949 g/mol. The molecule has 1 aliphatic rings. The lowest BCUT2D eigenvalue weighted by molar-refractivity contribution is 0.497. The molecule has 3 aromatic heterocycles. The summed E-state index contributed by atoms with van der Waals surface area (Å²) in [4.78, 5) is 17.2. The molecule has 15 rings (SSSR count). The van der Waals surface area contributed by atoms with E-state index in [0.29, 0.717) is 24.1 Å². The van der Waals surface area contributed by atoms with E-state index in [2.05, 4.69) is 283 Å². The molecule has 0 saturated heterocycles. The van der Waals surface area contributed by atoms with Crippen molar-refractivity contribution in [1.82, 2.24) is 28.6 Å². The van der Waals surface area contributed by atoms with Crippen LogP contribution in [0.1, 0.15) is 13.3 Å². The average molecular weight is 1000 g/mol. The summed E-state index contributed by atoms with van der Waals surface area (Å²) in [7, 11) is 0. The third-order valence-corrected chi connectivity index (χ3v) is 15.9. The van der Waals surface area contributed by atoms with Crippen LogP contribution >= 0.6 is 0 Å². The average Bonchev–Trinajstić information content (AvgIpc) is 3.56. The minimum atomic E-state index is 0.251. The lowest BCUT2D eigenvalue weighted by Gasteiger charge is -2.33. The van der Waals surface area contributed by atoms with E-state index in [4.69, 9.17) is 15.0 Å². The van der Waals surface area contributed by atoms with Gasteiger partial charge in [-0.15, -0.1) is 0 Å². The van der Waals surface area contributed by atoms with Crippen molar-refractivity contribution in [3.63, 3.8) is 0 Å². The molecule has 0 spiro atoms. The van der Waals surface area contributed by atoms with E-state index in [-0.39, 0.29) is 4.48 Å². The molecule has 1 unspecified atom stereocenters. The molecule has 14 aromatic rings. The number of hydrogen-bond acceptors (Lipinski definition) is 3. The number of para-hydroxylation sites is 4. The van der Waals surface area contributed by atoms with E-state index in [1.807, 2.05) is 0 Å². The molecule has 0 fully saturated rings. The van der Waals surface area contributed by atoms with Crippen LogP contribution in [0.25, 0.3) is 122 Å². The number of benzene rings is 11. The molecule has 6 heteroatoms. The van der Waals surface area contributed by atoms with Crippen molar-refractivity contribution in [3.05, 3.63) is 267 Å². The Balaban J connectivity index is 1.10. The molecule has 1 atom stereocenters. The van der Waals surface area contributed by atoms with E-state index in [0.717, 1.165) is 101 Å². The van der Waals surface area contributed by atoms with E-state index in [1.165, 1.54) is 27.3 Å². The topological polar surface area (TPSA) is 48.5 Å². The number of hydrogen-bond donors (Lipinski definition) is 0. The zero-order valence-corrected chi connectivity index (χ0v) is 43.0. The first kappa shape index (κ1) is 45.4. The molecule has 0 saturated carbocycles. The largest absolute Gasteiger partial charge is 0.343 e. The molecular formula is C72H51N6+. The van der Waals surface area contributed by atoms with Gasteiger partial charge in [0.2, 0.25) is 0 Å². The second kappa shape index (κ2) is 18.4. The van der Waals surface area contributed by atoms with Gasteiger partial charge in [0.15, 0.2) is 23.0 Å². The maximum absolute atomic E-state index is 5.85. The van der Waals surface area contributed by atoms with Crippen LogP contribution in [-0.2, 0) is 0 Å². The van der Waals surface area contributed by atoms with Crippen molar-refractivity contribution in [3.8, 4) is 78.7 Å². The molecule has 0 N–H and O–H groups in total. The van der Waals surface area contributed by atoms with Crippen LogP contribution < -0.4 is 4.48 Å². The van der Waals surface area contributed by atoms with Crippen molar-refractivity contribution in [2.45, 2.75) is 13.3 Å². The van der Waals surface area contributed by atoms with Gasteiger partial charge in [0, 0.05) is 44.4 Å². The highest BCUT2D eigenvalue weighted by Gasteiger charge is 2.52. The van der Waals surface area contributed by atoms with E-state index < -0.39 is 0 Å². The summed E-state index contributed by atoms with van der Waals surface area (Å²) in [6, 6.07) is 96.3. The minimum absolute atomic E-state index is 0.251. The van der Waals surface area contributed by atoms with Gasteiger partial charge >= 0.3 is 5.95 Å². The van der Waals surface area contributed by atoms with Gasteiger partial charge in [-0.3, -0.25) is 0 Å². The smallest absolute Gasteiger partial charge is 0.308 e. The lowest BCUT2D eigenvalue weighted by Crippen LogP contribution is -2.40. The maximum atomic E-state index is 5.85. The number of nitrogens with zero attached hydrogens (tertiary/aromatic N) is 6. The normalized spacial score (nSPS) is 13.9. The van der Waals surface area contributed by atoms with Crippen molar-refractivity contribution < 1.29 is 0 Å². The molecule has 6 nitrogen and oxygen atoms in total. The van der Waals surface area contributed by atoms with Crippen LogP contribution in [-0.4, -0.2) is 30.6 Å². The van der Waals surface area contributed by atoms with E-state index >= 15 is 0 Å². The number of aromatic nitrogens is 5. The third kappa shape index (κ3) is 7.11. The van der Waals surface area contributed by atoms with Gasteiger partial charge in [-0.05, 0) is 94.4 Å². The van der Waals surface area contributed by atoms with Gasteiger partial charge in [0.05, 0.1) is 39.9 Å². The zero-order chi connectivity index (χ0) is 51.7. The number of fused-ring (bicyclic) bond motifs is 10. The molecule has 11 aromatic carbocycles. The molecule has 4 heterocycles. The van der Waals surface area contributed by atoms with Crippen LogP contribution in [0.2, 0.25) is 0 Å². The van der Waals surface area contributed by atoms with Crippen molar-refractivity contribution in [2.24, 2.45) is 0 Å². The lowest BCUT2D eigenvalue weighted by atomic mass is 10.00. The number of quaternary nitrogens is 1. The summed E-state index contributed by atoms with van der Waals surface area (Å²) in [6.07, 6.45) is 0.824. The van der Waals surface area contributed by atoms with Crippen molar-refractivity contribution in [1.29, 1.82) is 0 Å². The molecule has 368 valence electrons. The van der Waals surface area contributed by atoms with Gasteiger partial charge in [-0.2, -0.15) is 14.5 Å². The first-order valence-electron chi connectivity index (χ1n) is 27.0. The SMILES string of the molecule is CCC[N+]1(c2nc(-c3cccc(-c4ccccc4)c3)nc(-c3cccc(-c4ccccc4)c3)n2)c2ccccc2-c2c(-n3c4ccccc4c4ccccc43)cc3c4ccccc4n(-c4ccc(-c5ccccc5)cc4)c3c21. The minimum Gasteiger partial charge on any atom is -0.308 e. The Hall–Kier alpha value is -10.0. The van der Waals surface area contributed by atoms with Crippen LogP contribution in [0.3, 0.4) is 0 Å². The van der Waals surface area contributed by atoms with Gasteiger partial charge in [-0.1, -0.05) is 213 Å². The Labute approximate surface area is 452 Å². The summed E-state index contributed by atoms with van der Waals surface area (Å²) >= 11 is 0. The molecule has 1 aliphatic heterocycles. The second-order valence-corrected chi connectivity index (χ2v) is 20.4. The molecule has 78 heavy (non-hydrogen) atoms. The van der Waals surface area contributed by atoms with Gasteiger partial charge < -0.3 is 9.13 Å². The van der Waals surface area contributed by atoms with Crippen molar-refractivity contribution >= 4 is 60.9 Å². The number of rotatable bonds is 10. The summed E-state index contributed by atoms with van der Waals surface area (Å²) in [6.45, 7) is 2.96. The second-order valence-electron chi connectivity index (χ2n) is 20.4. The first-order chi connectivity index (χ1) is 38.6. The third-order valence-electron chi connectivity index (χ3n) is 15.9. The van der Waals surface area contributed by atoms with Gasteiger partial charge in [0.1, 0.15) is 5.52 Å². The zero-order valence-electron chi connectivity index (χ0n) is 43.0. The predicted molar refractivity (Wildman–Crippen MR) is 324 cm³/mol. The van der Waals surface area contributed by atoms with Crippen LogP contribution in [0.5, 0.6) is 0 Å². The monoisotopic (exact) mass is 999 g/mol. The molecule has 0 aliphatic carbocycles. The fraction of sp³-hybridized carbons (Fsp3) is 0.0417. The fourth-order valence-corrected chi connectivity index (χ4v) is 12.5. The summed E-state index contributed by atoms with van der Waals surface area (Å²) in [5.41, 5.74) is 19.9. The quantitative estimate of drug-likeness (QED) is 0.128. The Morgan fingerprint density at radius 1 is 0.359 bits per heavy atom. The summed E-state index contributed by atoms with van der Waals surface area (Å²) < 4.78 is 5.28. The Morgan fingerprint density at radius 2 is 0.795 bits per heavy atom. The van der Waals surface area contributed by atoms with E-state index in [9.17, 15) is 0 Å². The summed E-state index contributed by atoms with van der Waals surface area (Å²) in [5.74, 6) is 1.89. The van der Waals surface area contributed by atoms with Crippen LogP contribution in [0.15, 0.2) is 267 Å². The standard InChI is InChI=1S/C72H51N6/c1-2-44-78(72-74-70(54-30-20-28-52(45-54)49-24-8-4-9-25-49)73-71(75-72)55-31-21-29-53(46-55)50-26-10-5-11-27-50)66-39-19-15-35-60(66)67-65(77-63-37-17-12-32-57(63)58-33-13-18-38-64(58)77)47-61-59-34-14-16-36-62(59)76(68(61)69(67)78)56-42-40-51(41-43-56)48-22-6-3-7-23-48/h3-43,45-47H,2,44H2,1H3/q+1. The highest BCUT2D eigenvalue weighted by molar-refractivity contribution is 6.22. The molecule has 0 amide bonds. The van der Waals surface area contributed by atoms with E-state index in [1.54, 1.807) is 0 Å². The predicted octanol–water partition coefficient (Wildman–Crippen LogP) is 18.8. The van der Waals surface area contributed by atoms with Crippen molar-refractivity contribution in [2.75, 3.05) is 6.54 Å². The summed E-state index contributed by atoms with van der Waals surface area (Å²) in [5, 5.41) is 4.75. The Bertz CT molecular complexity index is 4460. The fourth-order valence-electron chi connectivity index (χ4n) is 12.5. The molecule has 0 bridgehead atoms. The Kier molecular flexibility index (Phi) is 10.7. The molecule has 0 radical (unpaired) electrons. The van der Waals surface area contributed by atoms with Crippen LogP contribution in [0.4, 0.5) is 17.3 Å².